The number of para-hydroxylation sites is 3. The molecule has 0 aliphatic heterocycles. The Morgan fingerprint density at radius 3 is 1.31 bits per heavy atom. The van der Waals surface area contributed by atoms with Crippen LogP contribution in [0.25, 0.3) is 83.1 Å². The van der Waals surface area contributed by atoms with E-state index in [2.05, 4.69) is 264 Å². The van der Waals surface area contributed by atoms with Gasteiger partial charge in [-0.25, -0.2) is 0 Å². The summed E-state index contributed by atoms with van der Waals surface area (Å²) in [7, 11) is 0. The highest BCUT2D eigenvalue weighted by atomic mass is 15.1. The largest absolute Gasteiger partial charge is 0.310 e. The van der Waals surface area contributed by atoms with Gasteiger partial charge in [-0.15, -0.1) is 0 Å². The van der Waals surface area contributed by atoms with Crippen molar-refractivity contribution in [1.82, 2.24) is 4.57 Å². The van der Waals surface area contributed by atoms with E-state index < -0.39 is 0 Å². The molecular formula is C60H42N2. The molecule has 0 saturated carbocycles. The molecule has 10 aromatic carbocycles. The van der Waals surface area contributed by atoms with Gasteiger partial charge >= 0.3 is 0 Å². The Morgan fingerprint density at radius 1 is 0.258 bits per heavy atom. The number of hydrogen-bond donors (Lipinski definition) is 0. The Hall–Kier alpha value is -8.20. The first kappa shape index (κ1) is 36.8. The third-order valence-corrected chi connectivity index (χ3v) is 12.0. The highest BCUT2D eigenvalue weighted by Gasteiger charge is 2.23. The van der Waals surface area contributed by atoms with Gasteiger partial charge in [0.05, 0.1) is 16.7 Å². The van der Waals surface area contributed by atoms with Crippen molar-refractivity contribution in [2.24, 2.45) is 0 Å². The van der Waals surface area contributed by atoms with Crippen LogP contribution in [0.3, 0.4) is 0 Å². The van der Waals surface area contributed by atoms with Crippen molar-refractivity contribution in [2.75, 3.05) is 4.90 Å². The zero-order valence-electron chi connectivity index (χ0n) is 34.1. The van der Waals surface area contributed by atoms with Crippen molar-refractivity contribution in [3.63, 3.8) is 0 Å². The molecule has 292 valence electrons. The standard InChI is InChI=1S/C60H42N2/c1-5-21-43(22-6-1)49-29-13-15-32-52(49)54-39-37-47(41-57(54)53-33-16-14-30-50(53)44-23-7-2-8-24-44)61(58-35-19-17-31-51(58)45-25-9-3-10-26-45)48-38-40-56-55-34-18-20-36-59(55)62(60(56)42-48)46-27-11-4-12-28-46/h1-42H. The summed E-state index contributed by atoms with van der Waals surface area (Å²) in [5.41, 5.74) is 18.5. The summed E-state index contributed by atoms with van der Waals surface area (Å²) in [5, 5.41) is 2.45. The summed E-state index contributed by atoms with van der Waals surface area (Å²) in [5.74, 6) is 0. The zero-order valence-corrected chi connectivity index (χ0v) is 34.1. The number of hydrogen-bond acceptors (Lipinski definition) is 1. The van der Waals surface area contributed by atoms with Crippen LogP contribution in [0, 0.1) is 0 Å². The topological polar surface area (TPSA) is 8.17 Å². The van der Waals surface area contributed by atoms with Gasteiger partial charge < -0.3 is 9.47 Å². The fraction of sp³-hybridized carbons (Fsp3) is 0. The smallest absolute Gasteiger partial charge is 0.0561 e. The van der Waals surface area contributed by atoms with Crippen LogP contribution in [0.1, 0.15) is 0 Å². The van der Waals surface area contributed by atoms with E-state index in [0.29, 0.717) is 0 Å². The van der Waals surface area contributed by atoms with Gasteiger partial charge in [0, 0.05) is 33.4 Å². The molecule has 0 radical (unpaired) electrons. The van der Waals surface area contributed by atoms with Crippen LogP contribution in [-0.2, 0) is 0 Å². The zero-order chi connectivity index (χ0) is 41.2. The molecule has 0 saturated heterocycles. The summed E-state index contributed by atoms with van der Waals surface area (Å²) < 4.78 is 2.40. The second-order valence-electron chi connectivity index (χ2n) is 15.7. The molecule has 0 aliphatic carbocycles. The number of rotatable bonds is 9. The lowest BCUT2D eigenvalue weighted by atomic mass is 9.86. The minimum Gasteiger partial charge on any atom is -0.310 e. The predicted molar refractivity (Wildman–Crippen MR) is 263 cm³/mol. The van der Waals surface area contributed by atoms with Crippen molar-refractivity contribution in [2.45, 2.75) is 0 Å². The molecule has 1 aromatic heterocycles. The summed E-state index contributed by atoms with van der Waals surface area (Å²) in [6.45, 7) is 0. The second kappa shape index (κ2) is 16.1. The van der Waals surface area contributed by atoms with E-state index in [1.54, 1.807) is 0 Å². The van der Waals surface area contributed by atoms with Gasteiger partial charge in [0.1, 0.15) is 0 Å². The van der Waals surface area contributed by atoms with Gasteiger partial charge in [0.2, 0.25) is 0 Å². The maximum Gasteiger partial charge on any atom is 0.0561 e. The van der Waals surface area contributed by atoms with Crippen molar-refractivity contribution >= 4 is 38.9 Å². The van der Waals surface area contributed by atoms with Crippen LogP contribution in [0.5, 0.6) is 0 Å². The molecule has 0 aliphatic rings. The van der Waals surface area contributed by atoms with Crippen molar-refractivity contribution in [1.29, 1.82) is 0 Å². The Balaban J connectivity index is 1.21. The first-order chi connectivity index (χ1) is 30.8. The van der Waals surface area contributed by atoms with E-state index in [9.17, 15) is 0 Å². The van der Waals surface area contributed by atoms with E-state index in [-0.39, 0.29) is 0 Å². The first-order valence-electron chi connectivity index (χ1n) is 21.3. The van der Waals surface area contributed by atoms with Crippen LogP contribution < -0.4 is 4.90 Å². The number of anilines is 3. The molecule has 62 heavy (non-hydrogen) atoms. The molecule has 0 amide bonds. The molecule has 0 unspecified atom stereocenters. The fourth-order valence-electron chi connectivity index (χ4n) is 9.21. The number of nitrogens with zero attached hydrogens (tertiary/aromatic N) is 2. The maximum atomic E-state index is 2.45. The highest BCUT2D eigenvalue weighted by molar-refractivity contribution is 6.11. The summed E-state index contributed by atoms with van der Waals surface area (Å²) in [6.07, 6.45) is 0. The first-order valence-corrected chi connectivity index (χ1v) is 21.3. The van der Waals surface area contributed by atoms with Crippen LogP contribution in [0.4, 0.5) is 17.1 Å². The lowest BCUT2D eigenvalue weighted by molar-refractivity contribution is 1.18. The minimum atomic E-state index is 1.06. The molecule has 1 heterocycles. The normalized spacial score (nSPS) is 11.2. The Bertz CT molecular complexity index is 3330. The molecule has 0 fully saturated rings. The number of fused-ring (bicyclic) bond motifs is 3. The van der Waals surface area contributed by atoms with Crippen molar-refractivity contribution in [3.8, 4) is 61.3 Å². The van der Waals surface area contributed by atoms with Gasteiger partial charge in [-0.3, -0.25) is 0 Å². The van der Waals surface area contributed by atoms with Gasteiger partial charge in [-0.2, -0.15) is 0 Å². The highest BCUT2D eigenvalue weighted by Crippen LogP contribution is 2.48. The van der Waals surface area contributed by atoms with Crippen molar-refractivity contribution in [3.05, 3.63) is 255 Å². The van der Waals surface area contributed by atoms with Crippen LogP contribution >= 0.6 is 0 Å². The second-order valence-corrected chi connectivity index (χ2v) is 15.7. The van der Waals surface area contributed by atoms with E-state index in [1.165, 1.54) is 55.2 Å². The molecule has 0 N–H and O–H groups in total. The molecule has 0 spiro atoms. The Morgan fingerprint density at radius 2 is 0.677 bits per heavy atom. The van der Waals surface area contributed by atoms with Gasteiger partial charge in [-0.05, 0) is 98.6 Å². The quantitative estimate of drug-likeness (QED) is 0.141. The Labute approximate surface area is 362 Å². The van der Waals surface area contributed by atoms with Crippen molar-refractivity contribution < 1.29 is 0 Å². The van der Waals surface area contributed by atoms with E-state index >= 15 is 0 Å². The van der Waals surface area contributed by atoms with Gasteiger partial charge in [0.15, 0.2) is 0 Å². The van der Waals surface area contributed by atoms with Gasteiger partial charge in [0.25, 0.3) is 0 Å². The lowest BCUT2D eigenvalue weighted by Gasteiger charge is -2.29. The minimum absolute atomic E-state index is 1.06. The van der Waals surface area contributed by atoms with Crippen LogP contribution in [-0.4, -0.2) is 4.57 Å². The average molecular weight is 791 g/mol. The van der Waals surface area contributed by atoms with Crippen LogP contribution in [0.15, 0.2) is 255 Å². The molecule has 2 nitrogen and oxygen atoms in total. The SMILES string of the molecule is c1ccc(-c2ccccc2-c2ccc(N(c3ccc4c5ccccc5n(-c5ccccc5)c4c3)c3ccccc3-c3ccccc3)cc2-c2ccccc2-c2ccccc2)cc1. The molecule has 0 atom stereocenters. The van der Waals surface area contributed by atoms with E-state index in [0.717, 1.165) is 45.0 Å². The Kier molecular flexibility index (Phi) is 9.57. The van der Waals surface area contributed by atoms with Gasteiger partial charge in [-0.1, -0.05) is 206 Å². The van der Waals surface area contributed by atoms with E-state index in [1.807, 2.05) is 0 Å². The molecule has 0 bridgehead atoms. The summed E-state index contributed by atoms with van der Waals surface area (Å²) >= 11 is 0. The number of benzene rings is 10. The predicted octanol–water partition coefficient (Wildman–Crippen LogP) is 16.6. The summed E-state index contributed by atoms with van der Waals surface area (Å²) in [4.78, 5) is 2.45. The summed E-state index contributed by atoms with van der Waals surface area (Å²) in [6, 6.07) is 92.2. The molecule has 11 aromatic rings. The molecular weight excluding hydrogens is 749 g/mol. The van der Waals surface area contributed by atoms with E-state index in [4.69, 9.17) is 0 Å². The molecule has 2 heteroatoms. The maximum absolute atomic E-state index is 2.45. The van der Waals surface area contributed by atoms with Crippen LogP contribution in [0.2, 0.25) is 0 Å². The third-order valence-electron chi connectivity index (χ3n) is 12.0. The lowest BCUT2D eigenvalue weighted by Crippen LogP contribution is -2.12. The monoisotopic (exact) mass is 790 g/mol. The average Bonchev–Trinajstić information content (AvgIpc) is 3.69. The number of aromatic nitrogens is 1. The fourth-order valence-corrected chi connectivity index (χ4v) is 9.21. The molecule has 11 rings (SSSR count). The third kappa shape index (κ3) is 6.65.